The topological polar surface area (TPSA) is 80.0 Å². The molecule has 0 saturated carbocycles. The molecule has 2 aromatic rings. The average molecular weight is 491 g/mol. The van der Waals surface area contributed by atoms with Crippen LogP contribution in [0.15, 0.2) is 16.7 Å². The van der Waals surface area contributed by atoms with Gasteiger partial charge in [-0.2, -0.15) is 0 Å². The molecule has 0 bridgehead atoms. The van der Waals surface area contributed by atoms with Crippen LogP contribution in [-0.4, -0.2) is 45.3 Å². The third-order valence-electron chi connectivity index (χ3n) is 3.74. The highest BCUT2D eigenvalue weighted by molar-refractivity contribution is 14.0. The lowest BCUT2D eigenvalue weighted by atomic mass is 10.2. The molecule has 0 fully saturated rings. The van der Waals surface area contributed by atoms with E-state index in [1.54, 1.807) is 17.7 Å². The molecule has 0 amide bonds. The second kappa shape index (κ2) is 13.0. The van der Waals surface area contributed by atoms with Gasteiger partial charge in [0.05, 0.1) is 5.01 Å². The summed E-state index contributed by atoms with van der Waals surface area (Å²) < 4.78 is 2.08. The zero-order valence-electron chi connectivity index (χ0n) is 15.9. The summed E-state index contributed by atoms with van der Waals surface area (Å²) in [5.74, 6) is 1.89. The number of nitrogens with one attached hydrogen (secondary N) is 2. The average Bonchev–Trinajstić information content (AvgIpc) is 3.23. The van der Waals surface area contributed by atoms with Gasteiger partial charge in [0.1, 0.15) is 12.2 Å². The number of aromatic nitrogens is 4. The predicted molar refractivity (Wildman–Crippen MR) is 119 cm³/mol. The molecule has 2 heterocycles. The number of aryl methyl sites for hydroxylation is 3. The Hall–Kier alpha value is -1.23. The summed E-state index contributed by atoms with van der Waals surface area (Å²) in [4.78, 5) is 9.15. The van der Waals surface area contributed by atoms with Crippen LogP contribution in [0.4, 0.5) is 0 Å². The van der Waals surface area contributed by atoms with Gasteiger partial charge in [0.2, 0.25) is 0 Å². The fourth-order valence-corrected chi connectivity index (χ4v) is 3.29. The molecule has 0 atom stereocenters. The molecule has 9 heteroatoms. The number of hydrogen-bond donors (Lipinski definition) is 2. The van der Waals surface area contributed by atoms with Crippen molar-refractivity contribution in [2.75, 3.05) is 19.6 Å². The molecule has 2 aromatic heterocycles. The second-order valence-corrected chi connectivity index (χ2v) is 6.76. The Morgan fingerprint density at radius 3 is 2.81 bits per heavy atom. The van der Waals surface area contributed by atoms with Crippen molar-refractivity contribution in [2.24, 2.45) is 4.99 Å². The van der Waals surface area contributed by atoms with Crippen molar-refractivity contribution in [1.82, 2.24) is 30.4 Å². The molecule has 0 aromatic carbocycles. The first kappa shape index (κ1) is 22.8. The van der Waals surface area contributed by atoms with Crippen LogP contribution >= 0.6 is 35.3 Å². The molecule has 0 aliphatic heterocycles. The molecule has 0 saturated heterocycles. The Balaban J connectivity index is 0.00000338. The minimum Gasteiger partial charge on any atom is -0.357 e. The van der Waals surface area contributed by atoms with Gasteiger partial charge in [0.15, 0.2) is 5.96 Å². The van der Waals surface area contributed by atoms with E-state index in [4.69, 9.17) is 0 Å². The summed E-state index contributed by atoms with van der Waals surface area (Å²) in [7, 11) is 0. The van der Waals surface area contributed by atoms with Crippen LogP contribution in [0.25, 0.3) is 0 Å². The van der Waals surface area contributed by atoms with E-state index in [-0.39, 0.29) is 24.0 Å². The number of guanidine groups is 1. The summed E-state index contributed by atoms with van der Waals surface area (Å²) in [6.45, 7) is 9.54. The van der Waals surface area contributed by atoms with E-state index >= 15 is 0 Å². The number of halogens is 1. The predicted octanol–water partition coefficient (Wildman–Crippen LogP) is 2.80. The van der Waals surface area contributed by atoms with Crippen molar-refractivity contribution >= 4 is 41.3 Å². The van der Waals surface area contributed by atoms with Gasteiger partial charge < -0.3 is 15.2 Å². The first-order valence-corrected chi connectivity index (χ1v) is 9.90. The van der Waals surface area contributed by atoms with Crippen molar-refractivity contribution in [2.45, 2.75) is 53.0 Å². The number of rotatable bonds is 10. The van der Waals surface area contributed by atoms with E-state index in [1.807, 2.05) is 6.92 Å². The van der Waals surface area contributed by atoms with E-state index in [1.165, 1.54) is 5.01 Å². The van der Waals surface area contributed by atoms with Crippen LogP contribution in [0.1, 0.15) is 43.2 Å². The van der Waals surface area contributed by atoms with E-state index < -0.39 is 0 Å². The highest BCUT2D eigenvalue weighted by Crippen LogP contribution is 2.11. The van der Waals surface area contributed by atoms with Gasteiger partial charge in [-0.15, -0.1) is 45.5 Å². The van der Waals surface area contributed by atoms with Crippen LogP contribution in [0.5, 0.6) is 0 Å². The lowest BCUT2D eigenvalue weighted by molar-refractivity contribution is 0.631. The molecule has 26 heavy (non-hydrogen) atoms. The Morgan fingerprint density at radius 1 is 1.27 bits per heavy atom. The molecular weight excluding hydrogens is 461 g/mol. The Morgan fingerprint density at radius 2 is 2.12 bits per heavy atom. The summed E-state index contributed by atoms with van der Waals surface area (Å²) in [6.07, 6.45) is 5.92. The van der Waals surface area contributed by atoms with Crippen LogP contribution in [0.2, 0.25) is 0 Å². The molecule has 7 nitrogen and oxygen atoms in total. The van der Waals surface area contributed by atoms with E-state index in [0.717, 1.165) is 69.3 Å². The quantitative estimate of drug-likeness (QED) is 0.231. The first-order chi connectivity index (χ1) is 12.2. The van der Waals surface area contributed by atoms with Gasteiger partial charge in [-0.25, -0.2) is 4.98 Å². The standard InChI is InChI=1S/C17H29N7S.HI/c1-4-15-23-21-13-24(15)11-10-20-17(18-5-2)19-9-7-6-8-16-22-14(3)12-25-16;/h12-13H,4-11H2,1-3H3,(H2,18,19,20);1H. The van der Waals surface area contributed by atoms with Crippen LogP contribution in [-0.2, 0) is 19.4 Å². The minimum atomic E-state index is 0. The molecule has 0 aliphatic rings. The summed E-state index contributed by atoms with van der Waals surface area (Å²) in [5, 5.41) is 18.1. The zero-order valence-corrected chi connectivity index (χ0v) is 19.0. The monoisotopic (exact) mass is 491 g/mol. The lowest BCUT2D eigenvalue weighted by Crippen LogP contribution is -2.39. The van der Waals surface area contributed by atoms with Gasteiger partial charge in [-0.05, 0) is 33.1 Å². The zero-order chi connectivity index (χ0) is 17.9. The lowest BCUT2D eigenvalue weighted by Gasteiger charge is -2.12. The van der Waals surface area contributed by atoms with E-state index in [2.05, 4.69) is 54.6 Å². The van der Waals surface area contributed by atoms with Gasteiger partial charge in [-0.1, -0.05) is 6.92 Å². The number of hydrogen-bond acceptors (Lipinski definition) is 5. The number of nitrogens with zero attached hydrogens (tertiary/aromatic N) is 5. The highest BCUT2D eigenvalue weighted by atomic mass is 127. The van der Waals surface area contributed by atoms with Crippen molar-refractivity contribution in [3.8, 4) is 0 Å². The fraction of sp³-hybridized carbons (Fsp3) is 0.647. The molecule has 0 radical (unpaired) electrons. The maximum absolute atomic E-state index is 4.65. The van der Waals surface area contributed by atoms with Crippen LogP contribution < -0.4 is 10.6 Å². The molecule has 0 unspecified atom stereocenters. The molecule has 2 rings (SSSR count). The van der Waals surface area contributed by atoms with Gasteiger partial charge in [-0.3, -0.25) is 4.99 Å². The number of unbranched alkanes of at least 4 members (excludes halogenated alkanes) is 1. The number of aliphatic imine (C=N–C) groups is 1. The maximum Gasteiger partial charge on any atom is 0.191 e. The van der Waals surface area contributed by atoms with E-state index in [9.17, 15) is 0 Å². The second-order valence-electron chi connectivity index (χ2n) is 5.82. The van der Waals surface area contributed by atoms with Gasteiger partial charge in [0, 0.05) is 43.7 Å². The van der Waals surface area contributed by atoms with Gasteiger partial charge in [0.25, 0.3) is 0 Å². The third kappa shape index (κ3) is 7.98. The Bertz CT molecular complexity index is 653. The SMILES string of the molecule is CCNC(=NCCCCc1nc(C)cs1)NCCn1cnnc1CC.I. The summed E-state index contributed by atoms with van der Waals surface area (Å²) >= 11 is 1.75. The minimum absolute atomic E-state index is 0. The molecular formula is C17H30IN7S. The Kier molecular flexibility index (Phi) is 11.4. The van der Waals surface area contributed by atoms with Crippen molar-refractivity contribution < 1.29 is 0 Å². The number of thiazole rings is 1. The summed E-state index contributed by atoms with van der Waals surface area (Å²) in [5.41, 5.74) is 1.12. The molecule has 2 N–H and O–H groups in total. The third-order valence-corrected chi connectivity index (χ3v) is 4.76. The smallest absolute Gasteiger partial charge is 0.191 e. The van der Waals surface area contributed by atoms with Crippen molar-refractivity contribution in [3.63, 3.8) is 0 Å². The highest BCUT2D eigenvalue weighted by Gasteiger charge is 2.02. The fourth-order valence-electron chi connectivity index (χ4n) is 2.47. The molecule has 0 spiro atoms. The van der Waals surface area contributed by atoms with E-state index in [0.29, 0.717) is 0 Å². The van der Waals surface area contributed by atoms with Crippen molar-refractivity contribution in [3.05, 3.63) is 28.2 Å². The Labute approximate surface area is 177 Å². The van der Waals surface area contributed by atoms with Crippen LogP contribution in [0, 0.1) is 6.92 Å². The normalized spacial score (nSPS) is 11.3. The van der Waals surface area contributed by atoms with Crippen molar-refractivity contribution in [1.29, 1.82) is 0 Å². The summed E-state index contributed by atoms with van der Waals surface area (Å²) in [6, 6.07) is 0. The maximum atomic E-state index is 4.65. The molecule has 0 aliphatic carbocycles. The van der Waals surface area contributed by atoms with Crippen LogP contribution in [0.3, 0.4) is 0 Å². The first-order valence-electron chi connectivity index (χ1n) is 9.02. The van der Waals surface area contributed by atoms with Gasteiger partial charge >= 0.3 is 0 Å². The molecule has 146 valence electrons. The largest absolute Gasteiger partial charge is 0.357 e.